The van der Waals surface area contributed by atoms with Crippen molar-refractivity contribution < 1.29 is 9.66 Å². The summed E-state index contributed by atoms with van der Waals surface area (Å²) in [7, 11) is 0. The van der Waals surface area contributed by atoms with E-state index in [9.17, 15) is 10.1 Å². The van der Waals surface area contributed by atoms with Crippen molar-refractivity contribution in [1.29, 1.82) is 0 Å². The highest BCUT2D eigenvalue weighted by Crippen LogP contribution is 2.24. The van der Waals surface area contributed by atoms with Gasteiger partial charge in [-0.1, -0.05) is 0 Å². The summed E-state index contributed by atoms with van der Waals surface area (Å²) in [5.74, 6) is 6.53. The molecular formula is C13H15N5O3. The van der Waals surface area contributed by atoms with Crippen molar-refractivity contribution in [3.8, 4) is 5.75 Å². The first-order valence-corrected chi connectivity index (χ1v) is 6.25. The minimum Gasteiger partial charge on any atom is -0.494 e. The van der Waals surface area contributed by atoms with Gasteiger partial charge in [0.1, 0.15) is 17.4 Å². The molecule has 0 radical (unpaired) electrons. The molecule has 2 rings (SSSR count). The van der Waals surface area contributed by atoms with Crippen LogP contribution in [-0.2, 0) is 0 Å². The molecule has 0 atom stereocenters. The molecule has 1 aromatic heterocycles. The average Bonchev–Trinajstić information content (AvgIpc) is 2.49. The molecule has 0 aliphatic rings. The molecule has 4 N–H and O–H groups in total. The van der Waals surface area contributed by atoms with Gasteiger partial charge in [0, 0.05) is 5.69 Å². The van der Waals surface area contributed by atoms with Crippen LogP contribution < -0.4 is 21.3 Å². The van der Waals surface area contributed by atoms with E-state index in [1.165, 1.54) is 12.1 Å². The van der Waals surface area contributed by atoms with Crippen LogP contribution in [0.5, 0.6) is 5.75 Å². The maximum atomic E-state index is 10.9. The highest BCUT2D eigenvalue weighted by atomic mass is 16.6. The van der Waals surface area contributed by atoms with Crippen molar-refractivity contribution in [3.63, 3.8) is 0 Å². The van der Waals surface area contributed by atoms with E-state index in [2.05, 4.69) is 15.7 Å². The van der Waals surface area contributed by atoms with E-state index in [0.717, 1.165) is 11.4 Å². The Hall–Kier alpha value is -2.87. The lowest BCUT2D eigenvalue weighted by molar-refractivity contribution is -0.384. The van der Waals surface area contributed by atoms with E-state index in [4.69, 9.17) is 10.6 Å². The van der Waals surface area contributed by atoms with E-state index < -0.39 is 4.92 Å². The Morgan fingerprint density at radius 2 is 1.95 bits per heavy atom. The molecule has 0 spiro atoms. The minimum absolute atomic E-state index is 0.105. The summed E-state index contributed by atoms with van der Waals surface area (Å²) in [5, 5.41) is 13.8. The molecule has 1 heterocycles. The van der Waals surface area contributed by atoms with Crippen LogP contribution >= 0.6 is 0 Å². The summed E-state index contributed by atoms with van der Waals surface area (Å²) < 4.78 is 5.34. The zero-order valence-electron chi connectivity index (χ0n) is 11.4. The van der Waals surface area contributed by atoms with E-state index in [0.29, 0.717) is 12.4 Å². The van der Waals surface area contributed by atoms with Gasteiger partial charge in [-0.05, 0) is 31.2 Å². The van der Waals surface area contributed by atoms with Gasteiger partial charge in [-0.2, -0.15) is 0 Å². The van der Waals surface area contributed by atoms with Crippen molar-refractivity contribution in [3.05, 3.63) is 46.5 Å². The summed E-state index contributed by atoms with van der Waals surface area (Å²) in [6.45, 7) is 2.49. The number of aromatic nitrogens is 1. The van der Waals surface area contributed by atoms with Crippen LogP contribution in [0.2, 0.25) is 0 Å². The van der Waals surface area contributed by atoms with Crippen LogP contribution in [0.15, 0.2) is 36.4 Å². The van der Waals surface area contributed by atoms with Gasteiger partial charge in [-0.3, -0.25) is 10.1 Å². The fraction of sp³-hybridized carbons (Fsp3) is 0.154. The summed E-state index contributed by atoms with van der Waals surface area (Å²) in [6.07, 6.45) is 0. The number of nitrogens with zero attached hydrogens (tertiary/aromatic N) is 2. The van der Waals surface area contributed by atoms with E-state index in [1.54, 1.807) is 24.3 Å². The van der Waals surface area contributed by atoms with Gasteiger partial charge < -0.3 is 15.5 Å². The molecule has 21 heavy (non-hydrogen) atoms. The van der Waals surface area contributed by atoms with Gasteiger partial charge in [0.25, 0.3) is 5.69 Å². The number of nitro groups is 1. The highest BCUT2D eigenvalue weighted by Gasteiger charge is 2.11. The van der Waals surface area contributed by atoms with Crippen molar-refractivity contribution in [2.45, 2.75) is 6.92 Å². The zero-order valence-corrected chi connectivity index (χ0v) is 11.4. The predicted octanol–water partition coefficient (Wildman–Crippen LogP) is 2.42. The van der Waals surface area contributed by atoms with Crippen LogP contribution in [0.3, 0.4) is 0 Å². The molecule has 0 saturated heterocycles. The van der Waals surface area contributed by atoms with Crippen LogP contribution in [-0.4, -0.2) is 16.5 Å². The molecule has 0 aliphatic carbocycles. The van der Waals surface area contributed by atoms with Gasteiger partial charge in [0.2, 0.25) is 0 Å². The molecule has 0 fully saturated rings. The molecule has 0 aliphatic heterocycles. The summed E-state index contributed by atoms with van der Waals surface area (Å²) in [4.78, 5) is 14.5. The first-order chi connectivity index (χ1) is 10.1. The number of hydrogen-bond acceptors (Lipinski definition) is 7. The summed E-state index contributed by atoms with van der Waals surface area (Å²) in [6, 6.07) is 9.76. The van der Waals surface area contributed by atoms with Gasteiger partial charge >= 0.3 is 0 Å². The highest BCUT2D eigenvalue weighted by molar-refractivity contribution is 5.62. The second-order valence-corrected chi connectivity index (χ2v) is 4.08. The first-order valence-electron chi connectivity index (χ1n) is 6.25. The SMILES string of the molecule is CCOc1ccc(Nc2cc([N+](=O)[O-])cc(NN)n2)cc1. The monoisotopic (exact) mass is 289 g/mol. The van der Waals surface area contributed by atoms with Gasteiger partial charge in [-0.15, -0.1) is 0 Å². The van der Waals surface area contributed by atoms with Gasteiger partial charge in [0.05, 0.1) is 23.7 Å². The lowest BCUT2D eigenvalue weighted by atomic mass is 10.3. The molecule has 0 saturated carbocycles. The Morgan fingerprint density at radius 1 is 1.29 bits per heavy atom. The topological polar surface area (TPSA) is 115 Å². The number of pyridine rings is 1. The smallest absolute Gasteiger partial charge is 0.276 e. The predicted molar refractivity (Wildman–Crippen MR) is 79.6 cm³/mol. The quantitative estimate of drug-likeness (QED) is 0.425. The number of nitrogens with one attached hydrogen (secondary N) is 2. The number of rotatable bonds is 6. The lowest BCUT2D eigenvalue weighted by Gasteiger charge is -2.08. The van der Waals surface area contributed by atoms with Crippen molar-refractivity contribution in [1.82, 2.24) is 4.98 Å². The largest absolute Gasteiger partial charge is 0.494 e. The second-order valence-electron chi connectivity index (χ2n) is 4.08. The summed E-state index contributed by atoms with van der Waals surface area (Å²) in [5.41, 5.74) is 2.92. The molecule has 1 aromatic carbocycles. The van der Waals surface area contributed by atoms with E-state index >= 15 is 0 Å². The molecular weight excluding hydrogens is 274 g/mol. The minimum atomic E-state index is -0.508. The molecule has 0 unspecified atom stereocenters. The number of ether oxygens (including phenoxy) is 1. The van der Waals surface area contributed by atoms with Crippen molar-refractivity contribution in [2.24, 2.45) is 5.84 Å². The van der Waals surface area contributed by atoms with Crippen LogP contribution in [0.4, 0.5) is 23.0 Å². The third-order valence-electron chi connectivity index (χ3n) is 2.61. The van der Waals surface area contributed by atoms with Gasteiger partial charge in [-0.25, -0.2) is 10.8 Å². The number of benzene rings is 1. The number of nitrogen functional groups attached to an aromatic ring is 1. The first kappa shape index (κ1) is 14.5. The van der Waals surface area contributed by atoms with Crippen molar-refractivity contribution in [2.75, 3.05) is 17.3 Å². The number of nitrogens with two attached hydrogens (primary N) is 1. The number of hydrogen-bond donors (Lipinski definition) is 3. The fourth-order valence-corrected chi connectivity index (χ4v) is 1.71. The normalized spacial score (nSPS) is 10.0. The Labute approximate surface area is 121 Å². The third-order valence-corrected chi connectivity index (χ3v) is 2.61. The number of hydrazine groups is 1. The maximum Gasteiger partial charge on any atom is 0.276 e. The lowest BCUT2D eigenvalue weighted by Crippen LogP contribution is -2.10. The maximum absolute atomic E-state index is 10.9. The third kappa shape index (κ3) is 3.80. The van der Waals surface area contributed by atoms with Crippen LogP contribution in [0.25, 0.3) is 0 Å². The molecule has 2 aromatic rings. The molecule has 110 valence electrons. The van der Waals surface area contributed by atoms with Crippen LogP contribution in [0, 0.1) is 10.1 Å². The molecule has 8 nitrogen and oxygen atoms in total. The fourth-order valence-electron chi connectivity index (χ4n) is 1.71. The molecule has 0 amide bonds. The van der Waals surface area contributed by atoms with E-state index in [1.807, 2.05) is 6.92 Å². The molecule has 8 heteroatoms. The van der Waals surface area contributed by atoms with Crippen LogP contribution in [0.1, 0.15) is 6.92 Å². The Kier molecular flexibility index (Phi) is 4.52. The Morgan fingerprint density at radius 3 is 2.52 bits per heavy atom. The van der Waals surface area contributed by atoms with Gasteiger partial charge in [0.15, 0.2) is 0 Å². The van der Waals surface area contributed by atoms with Crippen molar-refractivity contribution >= 4 is 23.0 Å². The zero-order chi connectivity index (χ0) is 15.2. The second kappa shape index (κ2) is 6.53. The Bertz CT molecular complexity index is 630. The average molecular weight is 289 g/mol. The summed E-state index contributed by atoms with van der Waals surface area (Å²) >= 11 is 0. The van der Waals surface area contributed by atoms with E-state index in [-0.39, 0.29) is 11.5 Å². The Balaban J connectivity index is 2.21. The standard InChI is InChI=1S/C13H15N5O3/c1-2-21-11-5-3-9(4-6-11)15-12-7-10(18(19)20)8-13(16-12)17-14/h3-8H,2,14H2,1H3,(H2,15,16,17). The number of anilines is 3. The molecule has 0 bridgehead atoms.